The van der Waals surface area contributed by atoms with Crippen molar-refractivity contribution >= 4 is 33.0 Å². The molecule has 4 atom stereocenters. The Morgan fingerprint density at radius 1 is 1.04 bits per heavy atom. The van der Waals surface area contributed by atoms with E-state index in [1.807, 2.05) is 0 Å². The van der Waals surface area contributed by atoms with Gasteiger partial charge in [0.15, 0.2) is 17.4 Å². The van der Waals surface area contributed by atoms with Crippen LogP contribution >= 0.6 is 0 Å². The molecule has 3 aromatic heterocycles. The Balaban J connectivity index is 1.28. The minimum atomic E-state index is -0.937. The van der Waals surface area contributed by atoms with Crippen molar-refractivity contribution in [3.05, 3.63) is 53.5 Å². The van der Waals surface area contributed by atoms with Gasteiger partial charge in [0.1, 0.15) is 35.6 Å². The van der Waals surface area contributed by atoms with Crippen molar-refractivity contribution < 1.29 is 27.4 Å². The molecule has 9 nitrogen and oxygen atoms in total. The lowest BCUT2D eigenvalue weighted by molar-refractivity contribution is 0.107. The molecular weight excluding hydrogens is 626 g/mol. The van der Waals surface area contributed by atoms with Gasteiger partial charge < -0.3 is 20.1 Å². The third kappa shape index (κ3) is 4.39. The van der Waals surface area contributed by atoms with Crippen LogP contribution in [0.3, 0.4) is 0 Å². The largest absolute Gasteiger partial charge is 0.505 e. The third-order valence-corrected chi connectivity index (χ3v) is 11.0. The number of piperazine rings is 1. The first-order valence-electron chi connectivity index (χ1n) is 16.8. The molecule has 9 rings (SSSR count). The van der Waals surface area contributed by atoms with E-state index in [1.54, 1.807) is 13.0 Å². The fourth-order valence-corrected chi connectivity index (χ4v) is 8.90. The van der Waals surface area contributed by atoms with Crippen LogP contribution in [0.15, 0.2) is 30.5 Å². The number of fused-ring (bicyclic) bond motifs is 7. The number of phenols is 1. The number of phenolic OH excluding ortho intramolecular Hbond substituents is 1. The molecule has 4 saturated heterocycles. The number of aryl methyl sites for hydroxylation is 1. The monoisotopic (exact) mass is 661 g/mol. The molecule has 2 N–H and O–H groups in total. The van der Waals surface area contributed by atoms with Crippen molar-refractivity contribution in [2.75, 3.05) is 37.7 Å². The minimum absolute atomic E-state index is 0.0206. The van der Waals surface area contributed by atoms with Gasteiger partial charge in [-0.1, -0.05) is 6.92 Å². The summed E-state index contributed by atoms with van der Waals surface area (Å²) in [6, 6.07) is 5.75. The number of hydrogen-bond acceptors (Lipinski definition) is 8. The molecule has 2 bridgehead atoms. The molecule has 13 heteroatoms. The van der Waals surface area contributed by atoms with Crippen molar-refractivity contribution in [2.45, 2.75) is 69.2 Å². The predicted molar refractivity (Wildman–Crippen MR) is 173 cm³/mol. The Kier molecular flexibility index (Phi) is 6.78. The van der Waals surface area contributed by atoms with Crippen LogP contribution in [0.5, 0.6) is 11.8 Å². The molecule has 4 aliphatic rings. The highest BCUT2D eigenvalue weighted by molar-refractivity contribution is 6.07. The van der Waals surface area contributed by atoms with Crippen LogP contribution in [-0.2, 0) is 6.42 Å². The number of anilines is 1. The number of nitrogens with zero attached hydrogens (tertiary/aromatic N) is 6. The summed E-state index contributed by atoms with van der Waals surface area (Å²) in [6.45, 7) is 4.38. The van der Waals surface area contributed by atoms with Gasteiger partial charge in [-0.3, -0.25) is 4.90 Å². The van der Waals surface area contributed by atoms with E-state index < -0.39 is 34.9 Å². The Morgan fingerprint density at radius 3 is 2.65 bits per heavy atom. The molecule has 48 heavy (non-hydrogen) atoms. The van der Waals surface area contributed by atoms with Gasteiger partial charge in [-0.15, -0.1) is 0 Å². The van der Waals surface area contributed by atoms with E-state index in [0.717, 1.165) is 44.4 Å². The number of hydrogen-bond donors (Lipinski definition) is 2. The first-order chi connectivity index (χ1) is 23.2. The highest BCUT2D eigenvalue weighted by Gasteiger charge is 2.49. The standard InChI is InChI=1S/C35H35F4N7O2/c1-2-21-24(37)7-6-22-27(21)23(12-26(47)29(22)38)32-30(39)31-28(25-8-10-40-46(25)32)33(44-15-19-4-5-20(16-44)41-19)43-34(42-31)48-17-35-9-3-11-45(35)14-18(36)13-35/h6-8,10,12,18-20,41,47H,2-5,9,11,13-17H2,1H3. The van der Waals surface area contributed by atoms with E-state index in [9.17, 15) is 9.50 Å². The van der Waals surface area contributed by atoms with Gasteiger partial charge in [0.2, 0.25) is 0 Å². The lowest BCUT2D eigenvalue weighted by Crippen LogP contribution is -2.51. The Hall–Kier alpha value is -4.23. The summed E-state index contributed by atoms with van der Waals surface area (Å²) in [4.78, 5) is 13.8. The van der Waals surface area contributed by atoms with Crippen LogP contribution < -0.4 is 15.0 Å². The van der Waals surface area contributed by atoms with Crippen LogP contribution in [-0.4, -0.2) is 86.2 Å². The predicted octanol–water partition coefficient (Wildman–Crippen LogP) is 5.68. The van der Waals surface area contributed by atoms with E-state index in [-0.39, 0.29) is 64.2 Å². The maximum absolute atomic E-state index is 17.4. The summed E-state index contributed by atoms with van der Waals surface area (Å²) in [5.41, 5.74) is 0.166. The molecule has 0 aliphatic carbocycles. The molecule has 0 spiro atoms. The second-order valence-electron chi connectivity index (χ2n) is 13.8. The SMILES string of the molecule is CCc1c(F)ccc2c(F)c(O)cc(-c3c(F)c4nc(OCC56CCCN5CC(F)C6)nc(N5CC6CCC(C5)N6)c4c4ccnn34)c12. The zero-order valence-electron chi connectivity index (χ0n) is 26.4. The number of alkyl halides is 1. The van der Waals surface area contributed by atoms with Gasteiger partial charge in [-0.05, 0) is 68.5 Å². The van der Waals surface area contributed by atoms with Crippen LogP contribution in [0, 0.1) is 17.5 Å². The number of aromatic hydroxyl groups is 1. The van der Waals surface area contributed by atoms with E-state index in [1.165, 1.54) is 16.8 Å². The van der Waals surface area contributed by atoms with Crippen LogP contribution in [0.4, 0.5) is 23.4 Å². The van der Waals surface area contributed by atoms with E-state index in [0.29, 0.717) is 42.8 Å². The first kappa shape index (κ1) is 29.9. The summed E-state index contributed by atoms with van der Waals surface area (Å²) in [6.07, 6.45) is 4.94. The molecule has 4 fully saturated rings. The minimum Gasteiger partial charge on any atom is -0.505 e. The molecule has 7 heterocycles. The molecule has 0 amide bonds. The van der Waals surface area contributed by atoms with E-state index in [2.05, 4.69) is 25.2 Å². The van der Waals surface area contributed by atoms with Gasteiger partial charge in [0.25, 0.3) is 0 Å². The first-order valence-corrected chi connectivity index (χ1v) is 16.8. The quantitative estimate of drug-likeness (QED) is 0.225. The van der Waals surface area contributed by atoms with Crippen molar-refractivity contribution in [3.8, 4) is 23.0 Å². The summed E-state index contributed by atoms with van der Waals surface area (Å²) >= 11 is 0. The number of ether oxygens (including phenoxy) is 1. The molecule has 2 aromatic carbocycles. The number of benzene rings is 2. The Bertz CT molecular complexity index is 2110. The second kappa shape index (κ2) is 10.9. The van der Waals surface area contributed by atoms with E-state index in [4.69, 9.17) is 9.72 Å². The maximum Gasteiger partial charge on any atom is 0.319 e. The summed E-state index contributed by atoms with van der Waals surface area (Å²) in [5.74, 6) is -2.47. The average Bonchev–Trinajstić information content (AvgIpc) is 3.85. The Labute approximate surface area is 273 Å². The number of halogens is 4. The van der Waals surface area contributed by atoms with Crippen LogP contribution in [0.2, 0.25) is 0 Å². The number of pyridine rings is 1. The fraction of sp³-hybridized carbons (Fsp3) is 0.457. The second-order valence-corrected chi connectivity index (χ2v) is 13.8. The summed E-state index contributed by atoms with van der Waals surface area (Å²) in [7, 11) is 0. The zero-order chi connectivity index (χ0) is 32.9. The van der Waals surface area contributed by atoms with Gasteiger partial charge >= 0.3 is 6.01 Å². The van der Waals surface area contributed by atoms with Crippen molar-refractivity contribution in [1.82, 2.24) is 29.8 Å². The zero-order valence-corrected chi connectivity index (χ0v) is 26.4. The average molecular weight is 662 g/mol. The smallest absolute Gasteiger partial charge is 0.319 e. The molecule has 5 aromatic rings. The maximum atomic E-state index is 17.4. The van der Waals surface area contributed by atoms with Gasteiger partial charge in [0.05, 0.1) is 22.6 Å². The van der Waals surface area contributed by atoms with Crippen molar-refractivity contribution in [3.63, 3.8) is 0 Å². The van der Waals surface area contributed by atoms with Gasteiger partial charge in [-0.2, -0.15) is 15.1 Å². The highest BCUT2D eigenvalue weighted by Crippen LogP contribution is 2.44. The van der Waals surface area contributed by atoms with Crippen LogP contribution in [0.25, 0.3) is 38.4 Å². The molecule has 0 radical (unpaired) electrons. The summed E-state index contributed by atoms with van der Waals surface area (Å²) < 4.78 is 70.1. The van der Waals surface area contributed by atoms with Crippen molar-refractivity contribution in [1.29, 1.82) is 0 Å². The molecule has 4 unspecified atom stereocenters. The highest BCUT2D eigenvalue weighted by atomic mass is 19.1. The lowest BCUT2D eigenvalue weighted by Gasteiger charge is -2.35. The normalized spacial score (nSPS) is 25.6. The van der Waals surface area contributed by atoms with Crippen molar-refractivity contribution in [2.24, 2.45) is 0 Å². The third-order valence-electron chi connectivity index (χ3n) is 11.0. The van der Waals surface area contributed by atoms with Gasteiger partial charge in [0, 0.05) is 54.5 Å². The lowest BCUT2D eigenvalue weighted by atomic mass is 9.93. The molecule has 0 saturated carbocycles. The molecule has 4 aliphatic heterocycles. The fourth-order valence-electron chi connectivity index (χ4n) is 8.90. The summed E-state index contributed by atoms with van der Waals surface area (Å²) in [5, 5.41) is 19.3. The number of rotatable bonds is 6. The van der Waals surface area contributed by atoms with Gasteiger partial charge in [-0.25, -0.2) is 22.1 Å². The number of nitrogens with one attached hydrogen (secondary N) is 1. The number of aromatic nitrogens is 4. The van der Waals surface area contributed by atoms with E-state index >= 15 is 13.2 Å². The molecular formula is C35H35F4N7O2. The molecule has 250 valence electrons. The topological polar surface area (TPSA) is 91.1 Å². The van der Waals surface area contributed by atoms with Crippen LogP contribution in [0.1, 0.15) is 44.6 Å². The Morgan fingerprint density at radius 2 is 1.85 bits per heavy atom.